The lowest BCUT2D eigenvalue weighted by molar-refractivity contribution is -0.122. The van der Waals surface area contributed by atoms with Crippen LogP contribution < -0.4 is 9.47 Å². The lowest BCUT2D eigenvalue weighted by atomic mass is 10.1. The predicted molar refractivity (Wildman–Crippen MR) is 164 cm³/mol. The van der Waals surface area contributed by atoms with Crippen LogP contribution in [-0.2, 0) is 16.1 Å². The fourth-order valence-electron chi connectivity index (χ4n) is 4.53. The summed E-state index contributed by atoms with van der Waals surface area (Å²) in [7, 11) is 1.34. The highest BCUT2D eigenvalue weighted by molar-refractivity contribution is 8.18. The Kier molecular flexibility index (Phi) is 8.70. The van der Waals surface area contributed by atoms with Crippen molar-refractivity contribution < 1.29 is 23.8 Å². The van der Waals surface area contributed by atoms with Crippen molar-refractivity contribution in [2.24, 2.45) is 4.99 Å². The Morgan fingerprint density at radius 2 is 1.73 bits per heavy atom. The van der Waals surface area contributed by atoms with E-state index in [0.717, 1.165) is 16.5 Å². The minimum absolute atomic E-state index is 0.130. The molecular weight excluding hydrogens is 536 g/mol. The van der Waals surface area contributed by atoms with Crippen LogP contribution in [0.4, 0.5) is 5.69 Å². The molecule has 1 aliphatic heterocycles. The molecule has 0 saturated carbocycles. The second kappa shape index (κ2) is 12.7. The number of aliphatic imine (C=N–C) groups is 1. The Balaban J connectivity index is 1.38. The number of nitrogens with zero attached hydrogens (tertiary/aromatic N) is 2. The van der Waals surface area contributed by atoms with Crippen LogP contribution in [0.25, 0.3) is 16.8 Å². The number of hydrogen-bond acceptors (Lipinski definition) is 7. The van der Waals surface area contributed by atoms with Crippen molar-refractivity contribution in [3.8, 4) is 11.5 Å². The standard InChI is InChI=1S/C33H30N2O5S/c1-4-35-31(36)30(41-33(35)34-26-14-9-12-24(20-26)32(37)38-3)19-22-16-17-28(29(18-22)39-5-2)40-21-25-13-8-11-23-10-6-7-15-27(23)25/h6-20H,4-5,21H2,1-3H3. The van der Waals surface area contributed by atoms with Crippen LogP contribution >= 0.6 is 11.8 Å². The van der Waals surface area contributed by atoms with Crippen molar-refractivity contribution in [1.82, 2.24) is 4.90 Å². The van der Waals surface area contributed by atoms with E-state index >= 15 is 0 Å². The average Bonchev–Trinajstić information content (AvgIpc) is 3.29. The van der Waals surface area contributed by atoms with E-state index in [4.69, 9.17) is 14.2 Å². The van der Waals surface area contributed by atoms with E-state index in [2.05, 4.69) is 29.3 Å². The normalized spacial score (nSPS) is 15.1. The third kappa shape index (κ3) is 6.28. The molecule has 5 rings (SSSR count). The number of methoxy groups -OCH3 is 1. The highest BCUT2D eigenvalue weighted by atomic mass is 32.2. The van der Waals surface area contributed by atoms with E-state index in [0.29, 0.717) is 52.6 Å². The number of thioether (sulfide) groups is 1. The van der Waals surface area contributed by atoms with Gasteiger partial charge in [-0.15, -0.1) is 0 Å². The minimum Gasteiger partial charge on any atom is -0.490 e. The smallest absolute Gasteiger partial charge is 0.337 e. The van der Waals surface area contributed by atoms with Gasteiger partial charge in [-0.1, -0.05) is 54.6 Å². The van der Waals surface area contributed by atoms with Gasteiger partial charge in [0.1, 0.15) is 6.61 Å². The number of benzene rings is 4. The number of ether oxygens (including phenoxy) is 3. The number of fused-ring (bicyclic) bond motifs is 1. The molecule has 0 radical (unpaired) electrons. The second-order valence-corrected chi connectivity index (χ2v) is 10.2. The van der Waals surface area contributed by atoms with Crippen molar-refractivity contribution >= 4 is 51.3 Å². The lowest BCUT2D eigenvalue weighted by Crippen LogP contribution is -2.28. The molecule has 4 aromatic rings. The van der Waals surface area contributed by atoms with Gasteiger partial charge in [0.2, 0.25) is 0 Å². The van der Waals surface area contributed by atoms with Crippen LogP contribution in [0.3, 0.4) is 0 Å². The molecule has 4 aromatic carbocycles. The number of likely N-dealkylation sites (N-methyl/N-ethyl adjacent to an activating group) is 1. The average molecular weight is 567 g/mol. The van der Waals surface area contributed by atoms with Crippen molar-refractivity contribution in [2.45, 2.75) is 20.5 Å². The number of amides is 1. The predicted octanol–water partition coefficient (Wildman–Crippen LogP) is 7.23. The van der Waals surface area contributed by atoms with Gasteiger partial charge in [0.25, 0.3) is 5.91 Å². The van der Waals surface area contributed by atoms with E-state index in [9.17, 15) is 9.59 Å². The maximum Gasteiger partial charge on any atom is 0.337 e. The molecule has 1 fully saturated rings. The maximum absolute atomic E-state index is 13.2. The lowest BCUT2D eigenvalue weighted by Gasteiger charge is -2.14. The second-order valence-electron chi connectivity index (χ2n) is 9.16. The van der Waals surface area contributed by atoms with E-state index in [1.807, 2.05) is 56.3 Å². The Labute approximate surface area is 243 Å². The number of hydrogen-bond donors (Lipinski definition) is 0. The summed E-state index contributed by atoms with van der Waals surface area (Å²) in [6.07, 6.45) is 1.83. The first-order chi connectivity index (χ1) is 20.0. The summed E-state index contributed by atoms with van der Waals surface area (Å²) in [5.74, 6) is 0.674. The summed E-state index contributed by atoms with van der Waals surface area (Å²) in [6.45, 7) is 5.16. The summed E-state index contributed by atoms with van der Waals surface area (Å²) in [4.78, 5) is 32.0. The zero-order valence-corrected chi connectivity index (χ0v) is 23.9. The molecule has 208 valence electrons. The topological polar surface area (TPSA) is 77.4 Å². The first-order valence-electron chi connectivity index (χ1n) is 13.4. The highest BCUT2D eigenvalue weighted by Crippen LogP contribution is 2.36. The fraction of sp³-hybridized carbons (Fsp3) is 0.182. The molecule has 1 heterocycles. The first-order valence-corrected chi connectivity index (χ1v) is 14.2. The van der Waals surface area contributed by atoms with Gasteiger partial charge in [0.15, 0.2) is 16.7 Å². The summed E-state index contributed by atoms with van der Waals surface area (Å²) in [6, 6.07) is 26.9. The van der Waals surface area contributed by atoms with Gasteiger partial charge in [-0.25, -0.2) is 9.79 Å². The molecular formula is C33H30N2O5S. The SMILES string of the molecule is CCOc1cc(C=C2SC(=Nc3cccc(C(=O)OC)c3)N(CC)C2=O)ccc1OCc1cccc2ccccc12. The van der Waals surface area contributed by atoms with Crippen LogP contribution in [-0.4, -0.2) is 42.2 Å². The van der Waals surface area contributed by atoms with E-state index in [1.165, 1.54) is 24.3 Å². The summed E-state index contributed by atoms with van der Waals surface area (Å²) in [5.41, 5.74) is 2.86. The molecule has 41 heavy (non-hydrogen) atoms. The van der Waals surface area contributed by atoms with Gasteiger partial charge in [-0.3, -0.25) is 9.69 Å². The Morgan fingerprint density at radius 3 is 2.54 bits per heavy atom. The zero-order valence-electron chi connectivity index (χ0n) is 23.1. The monoisotopic (exact) mass is 566 g/mol. The summed E-state index contributed by atoms with van der Waals surface area (Å²) >= 11 is 1.29. The van der Waals surface area contributed by atoms with Crippen molar-refractivity contribution in [2.75, 3.05) is 20.3 Å². The number of rotatable bonds is 9. The third-order valence-electron chi connectivity index (χ3n) is 6.52. The Hall–Kier alpha value is -4.56. The molecule has 0 bridgehead atoms. The molecule has 0 unspecified atom stereocenters. The molecule has 0 spiro atoms. The molecule has 7 nitrogen and oxygen atoms in total. The Morgan fingerprint density at radius 1 is 0.927 bits per heavy atom. The Bertz CT molecular complexity index is 1660. The minimum atomic E-state index is -0.440. The van der Waals surface area contributed by atoms with Crippen LogP contribution in [0.2, 0.25) is 0 Å². The van der Waals surface area contributed by atoms with Gasteiger partial charge in [0.05, 0.1) is 29.9 Å². The van der Waals surface area contributed by atoms with Crippen LogP contribution in [0.1, 0.15) is 35.3 Å². The largest absolute Gasteiger partial charge is 0.490 e. The van der Waals surface area contributed by atoms with Crippen molar-refractivity contribution in [3.63, 3.8) is 0 Å². The number of carbonyl (C=O) groups excluding carboxylic acids is 2. The summed E-state index contributed by atoms with van der Waals surface area (Å²) in [5, 5.41) is 2.87. The van der Waals surface area contributed by atoms with Crippen LogP contribution in [0.5, 0.6) is 11.5 Å². The molecule has 0 atom stereocenters. The number of esters is 1. The highest BCUT2D eigenvalue weighted by Gasteiger charge is 2.32. The number of amidine groups is 1. The van der Waals surface area contributed by atoms with Crippen LogP contribution in [0.15, 0.2) is 94.8 Å². The summed E-state index contributed by atoms with van der Waals surface area (Å²) < 4.78 is 16.9. The quantitative estimate of drug-likeness (QED) is 0.157. The first kappa shape index (κ1) is 28.0. The molecule has 1 amide bonds. The molecule has 0 aliphatic carbocycles. The van der Waals surface area contributed by atoms with Gasteiger partial charge < -0.3 is 14.2 Å². The molecule has 8 heteroatoms. The van der Waals surface area contributed by atoms with Gasteiger partial charge >= 0.3 is 5.97 Å². The molecule has 0 N–H and O–H groups in total. The fourth-order valence-corrected chi connectivity index (χ4v) is 5.59. The van der Waals surface area contributed by atoms with Crippen molar-refractivity contribution in [1.29, 1.82) is 0 Å². The maximum atomic E-state index is 13.2. The van der Waals surface area contributed by atoms with E-state index in [1.54, 1.807) is 29.2 Å². The van der Waals surface area contributed by atoms with Crippen molar-refractivity contribution in [3.05, 3.63) is 107 Å². The van der Waals surface area contributed by atoms with E-state index in [-0.39, 0.29) is 5.91 Å². The van der Waals surface area contributed by atoms with Gasteiger partial charge in [-0.05, 0) is 83.9 Å². The zero-order chi connectivity index (χ0) is 28.8. The molecule has 1 aliphatic rings. The molecule has 0 aromatic heterocycles. The van der Waals surface area contributed by atoms with Crippen LogP contribution in [0, 0.1) is 0 Å². The van der Waals surface area contributed by atoms with Gasteiger partial charge in [0, 0.05) is 6.54 Å². The number of carbonyl (C=O) groups is 2. The van der Waals surface area contributed by atoms with Gasteiger partial charge in [-0.2, -0.15) is 0 Å². The van der Waals surface area contributed by atoms with E-state index < -0.39 is 5.97 Å². The third-order valence-corrected chi connectivity index (χ3v) is 7.53. The molecule has 1 saturated heterocycles.